The van der Waals surface area contributed by atoms with Crippen LogP contribution in [0.2, 0.25) is 51.4 Å². The first-order valence-corrected chi connectivity index (χ1v) is 18.4. The highest BCUT2D eigenvalue weighted by Crippen LogP contribution is 2.26. The van der Waals surface area contributed by atoms with Crippen molar-refractivity contribution >= 4 is 25.2 Å². The van der Waals surface area contributed by atoms with E-state index in [4.69, 9.17) is 8.23 Å². The smallest absolute Gasteiger partial charge is 0.311 e. The Morgan fingerprint density at radius 1 is 0.917 bits per heavy atom. The fourth-order valence-electron chi connectivity index (χ4n) is 3.38. The zero-order valence-electron chi connectivity index (χ0n) is 17.2. The van der Waals surface area contributed by atoms with Gasteiger partial charge in [-0.05, 0) is 57.8 Å². The molecule has 7 heteroatoms. The summed E-state index contributed by atoms with van der Waals surface area (Å²) in [7, 11) is -3.24. The number of imidazole rings is 1. The van der Waals surface area contributed by atoms with E-state index in [9.17, 15) is 0 Å². The van der Waals surface area contributed by atoms with E-state index in [1.54, 1.807) is 0 Å². The van der Waals surface area contributed by atoms with Crippen LogP contribution < -0.4 is 4.57 Å². The van der Waals surface area contributed by atoms with Crippen molar-refractivity contribution in [2.24, 2.45) is 7.05 Å². The van der Waals surface area contributed by atoms with Crippen LogP contribution in [0.1, 0.15) is 26.2 Å². The van der Waals surface area contributed by atoms with Crippen molar-refractivity contribution < 1.29 is 12.8 Å². The maximum absolute atomic E-state index is 6.66. The highest BCUT2D eigenvalue weighted by Gasteiger charge is 2.39. The lowest BCUT2D eigenvalue weighted by Crippen LogP contribution is -2.52. The number of rotatable bonds is 11. The average Bonchev–Trinajstić information content (AvgIpc) is 2.79. The number of hydrogen-bond donors (Lipinski definition) is 0. The Hall–Kier alpha value is -0.219. The van der Waals surface area contributed by atoms with Gasteiger partial charge in [0.15, 0.2) is 16.6 Å². The Labute approximate surface area is 152 Å². The van der Waals surface area contributed by atoms with Crippen LogP contribution in [0.3, 0.4) is 0 Å². The number of hydrogen-bond acceptors (Lipinski definition) is 2. The van der Waals surface area contributed by atoms with Crippen LogP contribution in [0.5, 0.6) is 0 Å². The van der Waals surface area contributed by atoms with Crippen LogP contribution in [-0.4, -0.2) is 29.8 Å². The van der Waals surface area contributed by atoms with Crippen molar-refractivity contribution in [1.82, 2.24) is 4.57 Å². The van der Waals surface area contributed by atoms with Gasteiger partial charge in [-0.3, -0.25) is 0 Å². The lowest BCUT2D eigenvalue weighted by molar-refractivity contribution is -0.696. The van der Waals surface area contributed by atoms with Crippen molar-refractivity contribution in [3.63, 3.8) is 0 Å². The van der Waals surface area contributed by atoms with Gasteiger partial charge in [-0.2, -0.15) is 0 Å². The SMILES string of the molecule is CCCC[Si](C)(C)O[Si](C)(C)O[Si](C)(C)CCC[n+]1ccn(C)c1. The predicted molar refractivity (Wildman–Crippen MR) is 109 cm³/mol. The van der Waals surface area contributed by atoms with Crippen molar-refractivity contribution in [3.05, 3.63) is 18.7 Å². The van der Waals surface area contributed by atoms with E-state index in [1.165, 1.54) is 31.4 Å². The van der Waals surface area contributed by atoms with Gasteiger partial charge in [0, 0.05) is 0 Å². The second-order valence-corrected chi connectivity index (χ2v) is 21.1. The minimum atomic E-state index is -2.04. The predicted octanol–water partition coefficient (Wildman–Crippen LogP) is 4.65. The molecule has 0 saturated heterocycles. The number of aromatic nitrogens is 2. The van der Waals surface area contributed by atoms with Crippen molar-refractivity contribution in [2.75, 3.05) is 0 Å². The van der Waals surface area contributed by atoms with Gasteiger partial charge in [-0.25, -0.2) is 9.13 Å². The Balaban J connectivity index is 2.47. The molecule has 0 atom stereocenters. The van der Waals surface area contributed by atoms with E-state index < -0.39 is 25.2 Å². The first-order chi connectivity index (χ1) is 10.9. The molecule has 1 rings (SSSR count). The fourth-order valence-corrected chi connectivity index (χ4v) is 17.6. The van der Waals surface area contributed by atoms with E-state index in [0.717, 1.165) is 6.54 Å². The summed E-state index contributed by atoms with van der Waals surface area (Å²) >= 11 is 0. The molecule has 0 amide bonds. The summed E-state index contributed by atoms with van der Waals surface area (Å²) in [4.78, 5) is 0. The maximum Gasteiger partial charge on any atom is 0.311 e. The third-order valence-corrected chi connectivity index (χ3v) is 15.7. The summed E-state index contributed by atoms with van der Waals surface area (Å²) in [6.07, 6.45) is 10.1. The van der Waals surface area contributed by atoms with Gasteiger partial charge < -0.3 is 8.23 Å². The number of nitrogens with zero attached hydrogens (tertiary/aromatic N) is 2. The zero-order chi connectivity index (χ0) is 18.4. The molecule has 0 N–H and O–H groups in total. The molecule has 0 aromatic carbocycles. The molecule has 140 valence electrons. The lowest BCUT2D eigenvalue weighted by atomic mass is 10.4. The minimum Gasteiger partial charge on any atom is -0.437 e. The highest BCUT2D eigenvalue weighted by atomic mass is 28.5. The fraction of sp³-hybridized carbons (Fsp3) is 0.824. The van der Waals surface area contributed by atoms with Gasteiger partial charge >= 0.3 is 8.56 Å². The Bertz CT molecular complexity index is 502. The van der Waals surface area contributed by atoms with Gasteiger partial charge in [-0.1, -0.05) is 19.8 Å². The molecule has 1 aromatic heterocycles. The Morgan fingerprint density at radius 3 is 1.92 bits per heavy atom. The van der Waals surface area contributed by atoms with E-state index in [1.807, 2.05) is 0 Å². The molecule has 0 aliphatic carbocycles. The standard InChI is InChI=1S/C17H39N2O2Si3/c1-9-10-15-22(3,4)20-24(7,8)21-23(5,6)16-11-12-19-14-13-18(2)17-19/h13-14,17H,9-12,15-16H2,1-8H3/q+1. The van der Waals surface area contributed by atoms with Gasteiger partial charge in [0.1, 0.15) is 12.4 Å². The quantitative estimate of drug-likeness (QED) is 0.408. The summed E-state index contributed by atoms with van der Waals surface area (Å²) in [5.74, 6) is 0. The van der Waals surface area contributed by atoms with E-state index in [2.05, 4.69) is 81.1 Å². The summed E-state index contributed by atoms with van der Waals surface area (Å²) < 4.78 is 17.6. The summed E-state index contributed by atoms with van der Waals surface area (Å²) in [5.41, 5.74) is 0. The van der Waals surface area contributed by atoms with Crippen LogP contribution in [-0.2, 0) is 21.8 Å². The monoisotopic (exact) mass is 387 g/mol. The second kappa shape index (κ2) is 8.93. The number of aryl methyl sites for hydroxylation is 2. The Kier molecular flexibility index (Phi) is 8.12. The third-order valence-electron chi connectivity index (χ3n) is 4.20. The molecule has 0 fully saturated rings. The molecule has 0 aliphatic rings. The second-order valence-electron chi connectivity index (χ2n) is 8.65. The zero-order valence-corrected chi connectivity index (χ0v) is 20.2. The molecule has 0 spiro atoms. The maximum atomic E-state index is 6.66. The summed E-state index contributed by atoms with van der Waals surface area (Å²) in [6, 6.07) is 2.43. The molecule has 0 bridgehead atoms. The molecular formula is C17H39N2O2Si3+. The molecule has 0 radical (unpaired) electrons. The van der Waals surface area contributed by atoms with Crippen molar-refractivity contribution in [2.45, 2.75) is 84.1 Å². The van der Waals surface area contributed by atoms with Crippen LogP contribution in [0.25, 0.3) is 0 Å². The third kappa shape index (κ3) is 8.75. The molecule has 4 nitrogen and oxygen atoms in total. The van der Waals surface area contributed by atoms with Crippen LogP contribution in [0, 0.1) is 0 Å². The van der Waals surface area contributed by atoms with Gasteiger partial charge in [0.25, 0.3) is 0 Å². The van der Waals surface area contributed by atoms with Crippen molar-refractivity contribution in [3.8, 4) is 0 Å². The van der Waals surface area contributed by atoms with E-state index in [0.29, 0.717) is 0 Å². The topological polar surface area (TPSA) is 27.3 Å². The number of unbranched alkanes of at least 4 members (excludes halogenated alkanes) is 1. The van der Waals surface area contributed by atoms with E-state index in [-0.39, 0.29) is 0 Å². The average molecular weight is 388 g/mol. The van der Waals surface area contributed by atoms with Crippen LogP contribution >= 0.6 is 0 Å². The highest BCUT2D eigenvalue weighted by molar-refractivity contribution is 6.87. The Morgan fingerprint density at radius 2 is 1.46 bits per heavy atom. The molecule has 1 heterocycles. The molecule has 1 aromatic rings. The lowest BCUT2D eigenvalue weighted by Gasteiger charge is -2.38. The summed E-state index contributed by atoms with van der Waals surface area (Å²) in [6.45, 7) is 17.2. The van der Waals surface area contributed by atoms with Crippen LogP contribution in [0.15, 0.2) is 18.7 Å². The first kappa shape index (κ1) is 21.8. The largest absolute Gasteiger partial charge is 0.437 e. The van der Waals surface area contributed by atoms with Crippen molar-refractivity contribution in [1.29, 1.82) is 0 Å². The molecule has 0 unspecified atom stereocenters. The van der Waals surface area contributed by atoms with Gasteiger partial charge in [0.2, 0.25) is 6.33 Å². The normalized spacial score (nSPS) is 13.5. The molecular weight excluding hydrogens is 348 g/mol. The van der Waals surface area contributed by atoms with E-state index >= 15 is 0 Å². The molecule has 0 saturated carbocycles. The molecule has 0 aliphatic heterocycles. The van der Waals surface area contributed by atoms with Gasteiger partial charge in [-0.15, -0.1) is 0 Å². The summed E-state index contributed by atoms with van der Waals surface area (Å²) in [5, 5.41) is 0. The van der Waals surface area contributed by atoms with Gasteiger partial charge in [0.05, 0.1) is 13.6 Å². The van der Waals surface area contributed by atoms with Crippen LogP contribution in [0.4, 0.5) is 0 Å². The first-order valence-electron chi connectivity index (χ1n) is 9.36. The molecule has 24 heavy (non-hydrogen) atoms. The minimum absolute atomic E-state index is 1.07.